The van der Waals surface area contributed by atoms with Gasteiger partial charge in [0, 0.05) is 0 Å². The standard InChI is InChI=1S/C10H14.C9H19N/c1-3-6-10-8-5-4-7-9(10)2;1-3-6-10-7-4-9(2)5-8-10/h4-5,7-8H,3,6H2,1-2H3;9H,3-8H2,1-2H3. The molecule has 1 saturated heterocycles. The van der Waals surface area contributed by atoms with Crippen LogP contribution in [0.1, 0.15) is 57.6 Å². The van der Waals surface area contributed by atoms with Crippen LogP contribution in [-0.4, -0.2) is 24.5 Å². The zero-order chi connectivity index (χ0) is 14.8. The van der Waals surface area contributed by atoms with Gasteiger partial charge in [-0.2, -0.15) is 0 Å². The van der Waals surface area contributed by atoms with E-state index in [-0.39, 0.29) is 0 Å². The van der Waals surface area contributed by atoms with Gasteiger partial charge in [-0.15, -0.1) is 0 Å². The lowest BCUT2D eigenvalue weighted by molar-refractivity contribution is 0.193. The van der Waals surface area contributed by atoms with Gasteiger partial charge in [-0.3, -0.25) is 0 Å². The summed E-state index contributed by atoms with van der Waals surface area (Å²) < 4.78 is 0. The van der Waals surface area contributed by atoms with E-state index in [2.05, 4.69) is 56.9 Å². The summed E-state index contributed by atoms with van der Waals surface area (Å²) in [6.07, 6.45) is 6.60. The molecule has 0 atom stereocenters. The maximum absolute atomic E-state index is 2.58. The van der Waals surface area contributed by atoms with E-state index < -0.39 is 0 Å². The number of nitrogens with zero attached hydrogens (tertiary/aromatic N) is 1. The van der Waals surface area contributed by atoms with Crippen LogP contribution in [0, 0.1) is 12.8 Å². The minimum Gasteiger partial charge on any atom is -0.303 e. The van der Waals surface area contributed by atoms with Gasteiger partial charge in [0.2, 0.25) is 0 Å². The molecule has 1 aromatic rings. The largest absolute Gasteiger partial charge is 0.303 e. The summed E-state index contributed by atoms with van der Waals surface area (Å²) in [5.74, 6) is 0.980. The minimum absolute atomic E-state index is 0.980. The molecule has 1 heteroatoms. The van der Waals surface area contributed by atoms with Gasteiger partial charge >= 0.3 is 0 Å². The molecule has 0 bridgehead atoms. The molecule has 0 amide bonds. The fourth-order valence-corrected chi connectivity index (χ4v) is 2.76. The third-order valence-corrected chi connectivity index (χ3v) is 4.20. The highest BCUT2D eigenvalue weighted by Crippen LogP contribution is 2.15. The third-order valence-electron chi connectivity index (χ3n) is 4.20. The van der Waals surface area contributed by atoms with Crippen molar-refractivity contribution in [2.24, 2.45) is 5.92 Å². The first-order valence-corrected chi connectivity index (χ1v) is 8.44. The molecular weight excluding hydrogens is 242 g/mol. The lowest BCUT2D eigenvalue weighted by Gasteiger charge is -2.29. The normalized spacial score (nSPS) is 16.6. The number of rotatable bonds is 4. The van der Waals surface area contributed by atoms with E-state index in [0.717, 1.165) is 5.92 Å². The average Bonchev–Trinajstić information content (AvgIpc) is 2.45. The van der Waals surface area contributed by atoms with Gasteiger partial charge in [0.15, 0.2) is 0 Å². The summed E-state index contributed by atoms with van der Waals surface area (Å²) in [6, 6.07) is 8.58. The summed E-state index contributed by atoms with van der Waals surface area (Å²) in [5.41, 5.74) is 2.91. The highest BCUT2D eigenvalue weighted by Gasteiger charge is 2.13. The number of aryl methyl sites for hydroxylation is 2. The van der Waals surface area contributed by atoms with Crippen LogP contribution in [0.2, 0.25) is 0 Å². The molecule has 1 aliphatic rings. The lowest BCUT2D eigenvalue weighted by Crippen LogP contribution is -2.33. The van der Waals surface area contributed by atoms with Crippen molar-refractivity contribution in [2.45, 2.75) is 59.8 Å². The Morgan fingerprint density at radius 2 is 1.70 bits per heavy atom. The molecule has 0 spiro atoms. The summed E-state index contributed by atoms with van der Waals surface area (Å²) >= 11 is 0. The van der Waals surface area contributed by atoms with Crippen LogP contribution < -0.4 is 0 Å². The van der Waals surface area contributed by atoms with Crippen LogP contribution in [0.4, 0.5) is 0 Å². The molecule has 0 unspecified atom stereocenters. The molecule has 0 N–H and O–H groups in total. The summed E-state index contributed by atoms with van der Waals surface area (Å²) in [5, 5.41) is 0. The number of hydrogen-bond acceptors (Lipinski definition) is 1. The van der Waals surface area contributed by atoms with Crippen LogP contribution in [0.25, 0.3) is 0 Å². The van der Waals surface area contributed by atoms with Crippen LogP contribution in [0.3, 0.4) is 0 Å². The maximum atomic E-state index is 2.58. The Balaban J connectivity index is 0.000000200. The summed E-state index contributed by atoms with van der Waals surface area (Å²) in [4.78, 5) is 2.58. The Kier molecular flexibility index (Phi) is 8.60. The fourth-order valence-electron chi connectivity index (χ4n) is 2.76. The monoisotopic (exact) mass is 275 g/mol. The summed E-state index contributed by atoms with van der Waals surface area (Å²) in [6.45, 7) is 13.0. The first kappa shape index (κ1) is 17.2. The molecule has 0 aliphatic carbocycles. The molecule has 1 nitrogen and oxygen atoms in total. The first-order valence-electron chi connectivity index (χ1n) is 8.44. The second-order valence-corrected chi connectivity index (χ2v) is 6.20. The molecule has 1 heterocycles. The Morgan fingerprint density at radius 3 is 2.25 bits per heavy atom. The zero-order valence-corrected chi connectivity index (χ0v) is 14.0. The average molecular weight is 275 g/mol. The molecule has 1 aliphatic heterocycles. The Morgan fingerprint density at radius 1 is 1.05 bits per heavy atom. The number of piperidine rings is 1. The van der Waals surface area contributed by atoms with Crippen molar-refractivity contribution in [3.63, 3.8) is 0 Å². The number of likely N-dealkylation sites (tertiary alicyclic amines) is 1. The third kappa shape index (κ3) is 6.56. The van der Waals surface area contributed by atoms with Crippen molar-refractivity contribution in [3.05, 3.63) is 35.4 Å². The quantitative estimate of drug-likeness (QED) is 0.741. The van der Waals surface area contributed by atoms with Gasteiger partial charge < -0.3 is 4.90 Å². The molecule has 1 aromatic carbocycles. The second kappa shape index (κ2) is 9.99. The van der Waals surface area contributed by atoms with Crippen molar-refractivity contribution >= 4 is 0 Å². The Hall–Kier alpha value is -0.820. The van der Waals surface area contributed by atoms with Gasteiger partial charge in [-0.05, 0) is 69.3 Å². The van der Waals surface area contributed by atoms with E-state index in [1.165, 1.54) is 62.9 Å². The minimum atomic E-state index is 0.980. The van der Waals surface area contributed by atoms with Crippen molar-refractivity contribution in [1.29, 1.82) is 0 Å². The molecule has 0 saturated carbocycles. The van der Waals surface area contributed by atoms with Crippen molar-refractivity contribution in [3.8, 4) is 0 Å². The predicted molar refractivity (Wildman–Crippen MR) is 90.3 cm³/mol. The van der Waals surface area contributed by atoms with Crippen molar-refractivity contribution < 1.29 is 0 Å². The van der Waals surface area contributed by atoms with Crippen LogP contribution in [-0.2, 0) is 6.42 Å². The molecule has 2 rings (SSSR count). The molecule has 0 radical (unpaired) electrons. The van der Waals surface area contributed by atoms with Gasteiger partial charge in [-0.1, -0.05) is 51.5 Å². The van der Waals surface area contributed by atoms with Gasteiger partial charge in [0.25, 0.3) is 0 Å². The van der Waals surface area contributed by atoms with E-state index >= 15 is 0 Å². The van der Waals surface area contributed by atoms with E-state index in [4.69, 9.17) is 0 Å². The second-order valence-electron chi connectivity index (χ2n) is 6.20. The summed E-state index contributed by atoms with van der Waals surface area (Å²) in [7, 11) is 0. The molecule has 1 fully saturated rings. The fraction of sp³-hybridized carbons (Fsp3) is 0.684. The highest BCUT2D eigenvalue weighted by atomic mass is 15.1. The van der Waals surface area contributed by atoms with E-state index in [1.54, 1.807) is 0 Å². The van der Waals surface area contributed by atoms with Gasteiger partial charge in [0.1, 0.15) is 0 Å². The first-order chi connectivity index (χ1) is 9.67. The maximum Gasteiger partial charge on any atom is -0.00162 e. The molecular formula is C19H33N. The van der Waals surface area contributed by atoms with E-state index in [9.17, 15) is 0 Å². The van der Waals surface area contributed by atoms with Gasteiger partial charge in [-0.25, -0.2) is 0 Å². The highest BCUT2D eigenvalue weighted by molar-refractivity contribution is 5.25. The zero-order valence-electron chi connectivity index (χ0n) is 14.0. The number of benzene rings is 1. The van der Waals surface area contributed by atoms with E-state index in [1.807, 2.05) is 0 Å². The predicted octanol–water partition coefficient (Wildman–Crippen LogP) is 5.08. The topological polar surface area (TPSA) is 3.24 Å². The lowest BCUT2D eigenvalue weighted by atomic mass is 9.99. The smallest absolute Gasteiger partial charge is 0.00162 e. The van der Waals surface area contributed by atoms with Crippen LogP contribution >= 0.6 is 0 Å². The SMILES string of the molecule is CCCN1CCC(C)CC1.CCCc1ccccc1C. The van der Waals surface area contributed by atoms with E-state index in [0.29, 0.717) is 0 Å². The Labute approximate surface area is 126 Å². The van der Waals surface area contributed by atoms with Gasteiger partial charge in [0.05, 0.1) is 0 Å². The molecule has 114 valence electrons. The van der Waals surface area contributed by atoms with Crippen LogP contribution in [0.5, 0.6) is 0 Å². The van der Waals surface area contributed by atoms with Crippen molar-refractivity contribution in [2.75, 3.05) is 19.6 Å². The van der Waals surface area contributed by atoms with Crippen LogP contribution in [0.15, 0.2) is 24.3 Å². The van der Waals surface area contributed by atoms with Crippen molar-refractivity contribution in [1.82, 2.24) is 4.90 Å². The molecule has 20 heavy (non-hydrogen) atoms. The molecule has 0 aromatic heterocycles. The number of hydrogen-bond donors (Lipinski definition) is 0. The Bertz CT molecular complexity index is 351.